The van der Waals surface area contributed by atoms with E-state index in [2.05, 4.69) is 43.4 Å². The van der Waals surface area contributed by atoms with E-state index in [0.717, 1.165) is 25.9 Å². The Morgan fingerprint density at radius 2 is 1.76 bits per heavy atom. The van der Waals surface area contributed by atoms with Crippen LogP contribution in [0.15, 0.2) is 24.3 Å². The lowest BCUT2D eigenvalue weighted by atomic mass is 10.1. The number of aryl methyl sites for hydroxylation is 1. The van der Waals surface area contributed by atoms with Crippen LogP contribution < -0.4 is 5.32 Å². The minimum Gasteiger partial charge on any atom is -0.396 e. The highest BCUT2D eigenvalue weighted by atomic mass is 16.3. The molecular weight excluding hydrogens is 210 g/mol. The van der Waals surface area contributed by atoms with Crippen LogP contribution in [0.1, 0.15) is 37.8 Å². The minimum atomic E-state index is 0.277. The molecule has 1 aromatic carbocycles. The number of aliphatic hydroxyl groups excluding tert-OH is 1. The fourth-order valence-corrected chi connectivity index (χ4v) is 1.87. The molecule has 0 aliphatic heterocycles. The highest BCUT2D eigenvalue weighted by molar-refractivity contribution is 5.22. The molecule has 0 saturated carbocycles. The molecule has 1 atom stereocenters. The Kier molecular flexibility index (Phi) is 6.90. The summed E-state index contributed by atoms with van der Waals surface area (Å²) in [5.41, 5.74) is 2.73. The summed E-state index contributed by atoms with van der Waals surface area (Å²) in [6.07, 6.45) is 3.39. The number of rotatable bonds is 8. The molecule has 0 aromatic heterocycles. The van der Waals surface area contributed by atoms with Crippen LogP contribution >= 0.6 is 0 Å². The molecule has 0 aliphatic rings. The molecule has 1 unspecified atom stereocenters. The van der Waals surface area contributed by atoms with Gasteiger partial charge in [0, 0.05) is 19.7 Å². The first-order chi connectivity index (χ1) is 8.30. The summed E-state index contributed by atoms with van der Waals surface area (Å²) in [6.45, 7) is 6.38. The van der Waals surface area contributed by atoms with Gasteiger partial charge in [0.2, 0.25) is 0 Å². The van der Waals surface area contributed by atoms with Gasteiger partial charge in [-0.3, -0.25) is 0 Å². The van der Waals surface area contributed by atoms with Crippen LogP contribution in [-0.2, 0) is 13.0 Å². The monoisotopic (exact) mass is 235 g/mol. The summed E-state index contributed by atoms with van der Waals surface area (Å²) < 4.78 is 0. The molecule has 17 heavy (non-hydrogen) atoms. The van der Waals surface area contributed by atoms with Crippen LogP contribution in [0.3, 0.4) is 0 Å². The zero-order valence-electron chi connectivity index (χ0n) is 11.1. The highest BCUT2D eigenvalue weighted by Gasteiger charge is 2.03. The predicted octanol–water partition coefficient (Wildman–Crippen LogP) is 2.75. The maximum absolute atomic E-state index is 9.08. The molecule has 0 heterocycles. The summed E-state index contributed by atoms with van der Waals surface area (Å²) in [6, 6.07) is 8.81. The second kappa shape index (κ2) is 8.26. The zero-order chi connectivity index (χ0) is 12.5. The van der Waals surface area contributed by atoms with E-state index in [-0.39, 0.29) is 6.61 Å². The van der Waals surface area contributed by atoms with Crippen molar-refractivity contribution in [3.05, 3.63) is 35.4 Å². The van der Waals surface area contributed by atoms with E-state index in [4.69, 9.17) is 5.11 Å². The van der Waals surface area contributed by atoms with Crippen molar-refractivity contribution < 1.29 is 5.11 Å². The smallest absolute Gasteiger partial charge is 0.0471 e. The fourth-order valence-electron chi connectivity index (χ4n) is 1.87. The van der Waals surface area contributed by atoms with E-state index in [0.29, 0.717) is 5.92 Å². The van der Waals surface area contributed by atoms with Crippen LogP contribution in [0.4, 0.5) is 0 Å². The lowest BCUT2D eigenvalue weighted by molar-refractivity contribution is 0.218. The minimum absolute atomic E-state index is 0.277. The maximum Gasteiger partial charge on any atom is 0.0471 e. The Balaban J connectivity index is 2.31. The van der Waals surface area contributed by atoms with Crippen LogP contribution in [0, 0.1) is 5.92 Å². The average molecular weight is 235 g/mol. The van der Waals surface area contributed by atoms with Gasteiger partial charge >= 0.3 is 0 Å². The van der Waals surface area contributed by atoms with E-state index >= 15 is 0 Å². The average Bonchev–Trinajstić information content (AvgIpc) is 2.37. The van der Waals surface area contributed by atoms with Crippen molar-refractivity contribution in [2.45, 2.75) is 39.7 Å². The molecule has 0 aliphatic carbocycles. The molecule has 0 spiro atoms. The van der Waals surface area contributed by atoms with Gasteiger partial charge in [0.05, 0.1) is 0 Å². The Morgan fingerprint density at radius 1 is 1.12 bits per heavy atom. The van der Waals surface area contributed by atoms with Crippen molar-refractivity contribution >= 4 is 0 Å². The molecule has 2 N–H and O–H groups in total. The summed E-state index contributed by atoms with van der Waals surface area (Å²) in [4.78, 5) is 0. The van der Waals surface area contributed by atoms with Crippen LogP contribution in [0.25, 0.3) is 0 Å². The largest absolute Gasteiger partial charge is 0.396 e. The molecule has 0 fully saturated rings. The van der Waals surface area contributed by atoms with E-state index in [9.17, 15) is 0 Å². The van der Waals surface area contributed by atoms with Crippen molar-refractivity contribution in [2.75, 3.05) is 13.2 Å². The third-order valence-electron chi connectivity index (χ3n) is 3.16. The second-order valence-electron chi connectivity index (χ2n) is 4.65. The molecule has 0 saturated heterocycles. The third-order valence-corrected chi connectivity index (χ3v) is 3.16. The van der Waals surface area contributed by atoms with E-state index in [1.165, 1.54) is 17.5 Å². The van der Waals surface area contributed by atoms with Gasteiger partial charge in [-0.05, 0) is 29.9 Å². The van der Waals surface area contributed by atoms with Gasteiger partial charge in [0.1, 0.15) is 0 Å². The van der Waals surface area contributed by atoms with Crippen LogP contribution in [0.2, 0.25) is 0 Å². The fraction of sp³-hybridized carbons (Fsp3) is 0.600. The topological polar surface area (TPSA) is 32.3 Å². The van der Waals surface area contributed by atoms with E-state index < -0.39 is 0 Å². The van der Waals surface area contributed by atoms with Gasteiger partial charge < -0.3 is 10.4 Å². The number of nitrogens with one attached hydrogen (secondary N) is 1. The highest BCUT2D eigenvalue weighted by Crippen LogP contribution is 2.07. The molecule has 0 amide bonds. The van der Waals surface area contributed by atoms with E-state index in [1.807, 2.05) is 0 Å². The first-order valence-corrected chi connectivity index (χ1v) is 6.69. The SMILES string of the molecule is CCCc1ccc(CNCC(CC)CO)cc1. The van der Waals surface area contributed by atoms with Gasteiger partial charge in [-0.2, -0.15) is 0 Å². The van der Waals surface area contributed by atoms with Gasteiger partial charge in [0.15, 0.2) is 0 Å². The van der Waals surface area contributed by atoms with E-state index in [1.54, 1.807) is 0 Å². The van der Waals surface area contributed by atoms with Gasteiger partial charge in [-0.1, -0.05) is 44.5 Å². The first-order valence-electron chi connectivity index (χ1n) is 6.69. The van der Waals surface area contributed by atoms with Crippen LogP contribution in [0.5, 0.6) is 0 Å². The molecule has 2 heteroatoms. The Morgan fingerprint density at radius 3 is 2.29 bits per heavy atom. The Hall–Kier alpha value is -0.860. The zero-order valence-corrected chi connectivity index (χ0v) is 11.1. The van der Waals surface area contributed by atoms with Crippen LogP contribution in [-0.4, -0.2) is 18.3 Å². The summed E-state index contributed by atoms with van der Waals surface area (Å²) >= 11 is 0. The third kappa shape index (κ3) is 5.33. The summed E-state index contributed by atoms with van der Waals surface area (Å²) in [7, 11) is 0. The first kappa shape index (κ1) is 14.2. The van der Waals surface area contributed by atoms with Crippen molar-refractivity contribution in [3.63, 3.8) is 0 Å². The molecular formula is C15H25NO. The maximum atomic E-state index is 9.08. The Bertz CT molecular complexity index is 290. The lowest BCUT2D eigenvalue weighted by Crippen LogP contribution is -2.24. The normalized spacial score (nSPS) is 12.6. The van der Waals surface area contributed by atoms with Gasteiger partial charge in [-0.25, -0.2) is 0 Å². The van der Waals surface area contributed by atoms with Crippen molar-refractivity contribution in [3.8, 4) is 0 Å². The molecule has 1 aromatic rings. The number of hydrogen-bond acceptors (Lipinski definition) is 2. The molecule has 96 valence electrons. The quantitative estimate of drug-likeness (QED) is 0.726. The van der Waals surface area contributed by atoms with Crippen molar-refractivity contribution in [1.82, 2.24) is 5.32 Å². The molecule has 1 rings (SSSR count). The summed E-state index contributed by atoms with van der Waals surface area (Å²) in [5, 5.41) is 12.5. The Labute approximate surface area is 105 Å². The number of aliphatic hydroxyl groups is 1. The number of benzene rings is 1. The molecule has 0 radical (unpaired) electrons. The predicted molar refractivity (Wildman–Crippen MR) is 73.0 cm³/mol. The number of hydrogen-bond donors (Lipinski definition) is 2. The summed E-state index contributed by atoms with van der Waals surface area (Å²) in [5.74, 6) is 0.384. The molecule has 2 nitrogen and oxygen atoms in total. The van der Waals surface area contributed by atoms with Crippen molar-refractivity contribution in [2.24, 2.45) is 5.92 Å². The molecule has 0 bridgehead atoms. The van der Waals surface area contributed by atoms with Gasteiger partial charge in [0.25, 0.3) is 0 Å². The standard InChI is InChI=1S/C15H25NO/c1-3-5-14-6-8-15(9-7-14)11-16-10-13(4-2)12-17/h6-9,13,16-17H,3-5,10-12H2,1-2H3. The second-order valence-corrected chi connectivity index (χ2v) is 4.65. The van der Waals surface area contributed by atoms with Gasteiger partial charge in [-0.15, -0.1) is 0 Å². The van der Waals surface area contributed by atoms with Crippen molar-refractivity contribution in [1.29, 1.82) is 0 Å². The lowest BCUT2D eigenvalue weighted by Gasteiger charge is -2.12.